The van der Waals surface area contributed by atoms with E-state index in [1.807, 2.05) is 6.26 Å². The van der Waals surface area contributed by atoms with Crippen LogP contribution in [0.5, 0.6) is 0 Å². The molecule has 0 saturated heterocycles. The molecule has 0 atom stereocenters. The van der Waals surface area contributed by atoms with Gasteiger partial charge in [-0.15, -0.1) is 16.9 Å². The first kappa shape index (κ1) is 16.2. The van der Waals surface area contributed by atoms with Crippen molar-refractivity contribution in [2.24, 2.45) is 0 Å². The molecule has 1 fully saturated rings. The van der Waals surface area contributed by atoms with Crippen LogP contribution in [0.15, 0.2) is 11.1 Å². The Balaban J connectivity index is 1.87. The predicted molar refractivity (Wildman–Crippen MR) is 86.7 cm³/mol. The molecular weight excluding hydrogens is 356 g/mol. The summed E-state index contributed by atoms with van der Waals surface area (Å²) >= 11 is 8.26. The summed E-state index contributed by atoms with van der Waals surface area (Å²) in [6.45, 7) is -0.0747. The summed E-state index contributed by atoms with van der Waals surface area (Å²) < 4.78 is 9.31. The fourth-order valence-corrected chi connectivity index (χ4v) is 3.20. The van der Waals surface area contributed by atoms with Gasteiger partial charge in [-0.25, -0.2) is 9.78 Å². The number of thioether (sulfide) groups is 1. The largest absolute Gasteiger partial charge is 0.455 e. The van der Waals surface area contributed by atoms with Gasteiger partial charge in [-0.3, -0.25) is 0 Å². The van der Waals surface area contributed by atoms with Crippen molar-refractivity contribution in [3.05, 3.63) is 32.9 Å². The number of hydrogen-bond donors (Lipinski definition) is 0. The van der Waals surface area contributed by atoms with Crippen molar-refractivity contribution in [3.8, 4) is 6.07 Å². The molecule has 1 aliphatic rings. The minimum absolute atomic E-state index is 0.0747. The van der Waals surface area contributed by atoms with Crippen LogP contribution >= 0.6 is 34.9 Å². The molecule has 6 nitrogen and oxygen atoms in total. The van der Waals surface area contributed by atoms with E-state index >= 15 is 0 Å². The Hall–Kier alpha value is -1.69. The summed E-state index contributed by atoms with van der Waals surface area (Å²) in [7, 11) is 0. The number of ether oxygens (including phenoxy) is 1. The molecule has 2 aromatic heterocycles. The van der Waals surface area contributed by atoms with Crippen molar-refractivity contribution < 1.29 is 9.53 Å². The molecule has 2 heterocycles. The van der Waals surface area contributed by atoms with Gasteiger partial charge in [-0.2, -0.15) is 5.26 Å². The Morgan fingerprint density at radius 1 is 1.61 bits per heavy atom. The Morgan fingerprint density at radius 2 is 2.39 bits per heavy atom. The first-order valence-corrected chi connectivity index (χ1v) is 9.14. The third-order valence-corrected chi connectivity index (χ3v) is 5.04. The number of nitriles is 1. The van der Waals surface area contributed by atoms with Crippen LogP contribution < -0.4 is 0 Å². The number of carbonyl (C=O) groups excluding carboxylic acids is 1. The van der Waals surface area contributed by atoms with Gasteiger partial charge in [0, 0.05) is 23.1 Å². The lowest BCUT2D eigenvalue weighted by molar-refractivity contribution is 0.0467. The zero-order valence-corrected chi connectivity index (χ0v) is 14.5. The highest BCUT2D eigenvalue weighted by atomic mass is 35.5. The summed E-state index contributed by atoms with van der Waals surface area (Å²) in [5.41, 5.74) is 1.74. The number of halogens is 1. The van der Waals surface area contributed by atoms with Gasteiger partial charge in [-0.1, -0.05) is 16.1 Å². The second kappa shape index (κ2) is 6.83. The van der Waals surface area contributed by atoms with Crippen LogP contribution in [0.2, 0.25) is 4.34 Å². The molecule has 0 unspecified atom stereocenters. The third-order valence-electron chi connectivity index (χ3n) is 3.38. The fourth-order valence-electron chi connectivity index (χ4n) is 2.04. The van der Waals surface area contributed by atoms with Gasteiger partial charge in [-0.05, 0) is 25.2 Å². The molecule has 0 amide bonds. The number of aromatic nitrogens is 3. The summed E-state index contributed by atoms with van der Waals surface area (Å²) in [5, 5.41) is 13.7. The van der Waals surface area contributed by atoms with E-state index < -0.39 is 5.97 Å². The van der Waals surface area contributed by atoms with Crippen LogP contribution in [0, 0.1) is 11.3 Å². The van der Waals surface area contributed by atoms with Gasteiger partial charge in [0.2, 0.25) is 0 Å². The fraction of sp³-hybridized carbons (Fsp3) is 0.357. The van der Waals surface area contributed by atoms with Crippen molar-refractivity contribution >= 4 is 40.9 Å². The van der Waals surface area contributed by atoms with Crippen molar-refractivity contribution in [3.63, 3.8) is 0 Å². The lowest BCUT2D eigenvalue weighted by Gasteiger charge is -2.10. The topological polar surface area (TPSA) is 88.8 Å². The number of pyridine rings is 1. The maximum absolute atomic E-state index is 12.4. The van der Waals surface area contributed by atoms with E-state index in [9.17, 15) is 10.1 Å². The van der Waals surface area contributed by atoms with Crippen LogP contribution in [-0.4, -0.2) is 26.8 Å². The Morgan fingerprint density at radius 3 is 2.96 bits per heavy atom. The molecule has 1 aliphatic carbocycles. The molecule has 0 spiro atoms. The van der Waals surface area contributed by atoms with Crippen LogP contribution in [0.3, 0.4) is 0 Å². The zero-order chi connectivity index (χ0) is 16.4. The molecule has 0 aromatic carbocycles. The normalized spacial score (nSPS) is 13.6. The van der Waals surface area contributed by atoms with Crippen LogP contribution in [0.1, 0.15) is 46.1 Å². The molecule has 118 valence electrons. The van der Waals surface area contributed by atoms with Crippen LogP contribution in [0.25, 0.3) is 0 Å². The maximum Gasteiger partial charge on any atom is 0.340 e. The highest BCUT2D eigenvalue weighted by Gasteiger charge is 2.29. The summed E-state index contributed by atoms with van der Waals surface area (Å²) in [6, 6.07) is 3.72. The van der Waals surface area contributed by atoms with E-state index in [0.29, 0.717) is 21.0 Å². The number of nitrogens with zero attached hydrogens (tertiary/aromatic N) is 4. The molecule has 2 aromatic rings. The SMILES string of the molecule is CSc1nc(C2CC2)cc(C(=O)OCc2nnsc2Cl)c1C#N. The lowest BCUT2D eigenvalue weighted by atomic mass is 10.1. The standard InChI is InChI=1S/C14H11ClN4O2S2/c1-22-13-9(5-16)8(4-10(17-13)7-2-3-7)14(20)21-6-11-12(15)23-19-18-11/h4,7H,2-3,6H2,1H3. The van der Waals surface area contributed by atoms with E-state index in [1.165, 1.54) is 11.8 Å². The van der Waals surface area contributed by atoms with E-state index in [0.717, 1.165) is 30.1 Å². The van der Waals surface area contributed by atoms with E-state index in [2.05, 4.69) is 20.6 Å². The van der Waals surface area contributed by atoms with Crippen molar-refractivity contribution in [1.29, 1.82) is 5.26 Å². The molecular formula is C14H11ClN4O2S2. The van der Waals surface area contributed by atoms with Crippen molar-refractivity contribution in [2.75, 3.05) is 6.26 Å². The third kappa shape index (κ3) is 3.47. The van der Waals surface area contributed by atoms with Crippen molar-refractivity contribution in [2.45, 2.75) is 30.4 Å². The zero-order valence-electron chi connectivity index (χ0n) is 12.1. The molecule has 0 N–H and O–H groups in total. The second-order valence-corrected chi connectivity index (χ2v) is 7.09. The molecule has 0 bridgehead atoms. The molecule has 0 radical (unpaired) electrons. The van der Waals surface area contributed by atoms with Gasteiger partial charge >= 0.3 is 5.97 Å². The van der Waals surface area contributed by atoms with Crippen molar-refractivity contribution in [1.82, 2.24) is 14.6 Å². The molecule has 3 rings (SSSR count). The maximum atomic E-state index is 12.4. The molecule has 1 saturated carbocycles. The Kier molecular flexibility index (Phi) is 4.80. The first-order chi connectivity index (χ1) is 11.1. The first-order valence-electron chi connectivity index (χ1n) is 6.77. The minimum Gasteiger partial charge on any atom is -0.455 e. The monoisotopic (exact) mass is 366 g/mol. The van der Waals surface area contributed by atoms with Crippen LogP contribution in [0.4, 0.5) is 0 Å². The molecule has 9 heteroatoms. The summed E-state index contributed by atoms with van der Waals surface area (Å²) in [4.78, 5) is 16.9. The van der Waals surface area contributed by atoms with E-state index in [1.54, 1.807) is 6.07 Å². The number of rotatable bonds is 5. The van der Waals surface area contributed by atoms with Gasteiger partial charge < -0.3 is 4.74 Å². The second-order valence-electron chi connectivity index (χ2n) is 4.93. The minimum atomic E-state index is -0.579. The molecule has 0 aliphatic heterocycles. The van der Waals surface area contributed by atoms with E-state index in [4.69, 9.17) is 16.3 Å². The predicted octanol–water partition coefficient (Wildman–Crippen LogP) is 3.41. The summed E-state index contributed by atoms with van der Waals surface area (Å²) in [6.07, 6.45) is 3.94. The number of hydrogen-bond acceptors (Lipinski definition) is 8. The Labute approximate surface area is 146 Å². The smallest absolute Gasteiger partial charge is 0.340 e. The highest BCUT2D eigenvalue weighted by Crippen LogP contribution is 2.40. The van der Waals surface area contributed by atoms with Gasteiger partial charge in [0.05, 0.1) is 11.1 Å². The number of carbonyl (C=O) groups is 1. The van der Waals surface area contributed by atoms with E-state index in [-0.39, 0.29) is 17.7 Å². The van der Waals surface area contributed by atoms with Gasteiger partial charge in [0.25, 0.3) is 0 Å². The molecule has 23 heavy (non-hydrogen) atoms. The van der Waals surface area contributed by atoms with Gasteiger partial charge in [0.15, 0.2) is 0 Å². The van der Waals surface area contributed by atoms with Gasteiger partial charge in [0.1, 0.15) is 27.7 Å². The quantitative estimate of drug-likeness (QED) is 0.591. The lowest BCUT2D eigenvalue weighted by Crippen LogP contribution is -2.10. The number of esters is 1. The van der Waals surface area contributed by atoms with Crippen LogP contribution in [-0.2, 0) is 11.3 Å². The Bertz CT molecular complexity index is 799. The average Bonchev–Trinajstić information content (AvgIpc) is 3.34. The summed E-state index contributed by atoms with van der Waals surface area (Å²) in [5.74, 6) is -0.206. The average molecular weight is 367 g/mol. The highest BCUT2D eigenvalue weighted by molar-refractivity contribution is 7.98.